The summed E-state index contributed by atoms with van der Waals surface area (Å²) >= 11 is 0. The molecular formula is C24H27FN2O. The maximum atomic E-state index is 13.5. The first-order valence-corrected chi connectivity index (χ1v) is 9.90. The first-order valence-electron chi connectivity index (χ1n) is 9.90. The molecule has 0 spiro atoms. The van der Waals surface area contributed by atoms with Crippen molar-refractivity contribution in [1.29, 1.82) is 0 Å². The number of aromatic nitrogens is 1. The number of unbranched alkanes of at least 4 members (excludes halogenated alkanes) is 2. The second-order valence-corrected chi connectivity index (χ2v) is 7.06. The van der Waals surface area contributed by atoms with Crippen LogP contribution < -0.4 is 0 Å². The minimum absolute atomic E-state index is 0.0511. The molecule has 0 saturated carbocycles. The molecule has 0 bridgehead atoms. The number of carbonyl (C=O) groups excluding carboxylic acids is 1. The van der Waals surface area contributed by atoms with Crippen molar-refractivity contribution in [2.24, 2.45) is 0 Å². The van der Waals surface area contributed by atoms with Crippen molar-refractivity contribution >= 4 is 5.91 Å². The van der Waals surface area contributed by atoms with E-state index in [1.807, 2.05) is 59.6 Å². The van der Waals surface area contributed by atoms with Crippen LogP contribution in [0.4, 0.5) is 4.39 Å². The van der Waals surface area contributed by atoms with Crippen molar-refractivity contribution in [3.63, 3.8) is 0 Å². The highest BCUT2D eigenvalue weighted by molar-refractivity contribution is 5.94. The molecular weight excluding hydrogens is 351 g/mol. The maximum absolute atomic E-state index is 13.5. The first kappa shape index (κ1) is 19.9. The van der Waals surface area contributed by atoms with Crippen molar-refractivity contribution in [3.05, 3.63) is 95.6 Å². The Balaban J connectivity index is 1.77. The molecule has 146 valence electrons. The molecule has 0 unspecified atom stereocenters. The van der Waals surface area contributed by atoms with Gasteiger partial charge >= 0.3 is 0 Å². The molecule has 0 aliphatic heterocycles. The van der Waals surface area contributed by atoms with Gasteiger partial charge in [-0.2, -0.15) is 0 Å². The zero-order valence-corrected chi connectivity index (χ0v) is 16.4. The Hall–Kier alpha value is -2.88. The van der Waals surface area contributed by atoms with E-state index in [0.717, 1.165) is 37.1 Å². The summed E-state index contributed by atoms with van der Waals surface area (Å²) < 4.78 is 15.6. The Labute approximate surface area is 166 Å². The molecule has 0 fully saturated rings. The molecule has 1 heterocycles. The molecule has 0 atom stereocenters. The van der Waals surface area contributed by atoms with Crippen LogP contribution >= 0.6 is 0 Å². The number of halogens is 1. The van der Waals surface area contributed by atoms with Crippen LogP contribution in [0.25, 0.3) is 0 Å². The van der Waals surface area contributed by atoms with Crippen LogP contribution in [-0.4, -0.2) is 21.9 Å². The van der Waals surface area contributed by atoms with Gasteiger partial charge in [-0.15, -0.1) is 0 Å². The van der Waals surface area contributed by atoms with Gasteiger partial charge in [0, 0.05) is 30.5 Å². The molecule has 4 heteroatoms. The van der Waals surface area contributed by atoms with E-state index in [9.17, 15) is 9.18 Å². The minimum Gasteiger partial charge on any atom is -0.345 e. The molecule has 2 aromatic carbocycles. The molecule has 1 amide bonds. The number of hydrogen-bond acceptors (Lipinski definition) is 1. The Morgan fingerprint density at radius 3 is 2.57 bits per heavy atom. The van der Waals surface area contributed by atoms with Crippen LogP contribution in [0.2, 0.25) is 0 Å². The summed E-state index contributed by atoms with van der Waals surface area (Å²) in [4.78, 5) is 15.0. The number of amides is 1. The smallest absolute Gasteiger partial charge is 0.254 e. The molecule has 3 rings (SSSR count). The number of benzene rings is 2. The second kappa shape index (κ2) is 9.88. The second-order valence-electron chi connectivity index (χ2n) is 7.06. The van der Waals surface area contributed by atoms with Gasteiger partial charge in [0.1, 0.15) is 5.82 Å². The van der Waals surface area contributed by atoms with Crippen LogP contribution in [0.5, 0.6) is 0 Å². The van der Waals surface area contributed by atoms with E-state index in [0.29, 0.717) is 18.7 Å². The van der Waals surface area contributed by atoms with Gasteiger partial charge in [0.05, 0.1) is 6.54 Å². The lowest BCUT2D eigenvalue weighted by atomic mass is 10.1. The van der Waals surface area contributed by atoms with Gasteiger partial charge in [-0.25, -0.2) is 4.39 Å². The fourth-order valence-electron chi connectivity index (χ4n) is 3.34. The Kier molecular flexibility index (Phi) is 7.01. The lowest BCUT2D eigenvalue weighted by Gasteiger charge is -2.24. The minimum atomic E-state index is -0.230. The summed E-state index contributed by atoms with van der Waals surface area (Å²) in [5.41, 5.74) is 2.66. The summed E-state index contributed by atoms with van der Waals surface area (Å²) in [6, 6.07) is 20.1. The average Bonchev–Trinajstić information content (AvgIpc) is 3.14. The highest BCUT2D eigenvalue weighted by atomic mass is 19.1. The molecule has 0 aliphatic rings. The van der Waals surface area contributed by atoms with Gasteiger partial charge in [0.2, 0.25) is 0 Å². The molecule has 0 aliphatic carbocycles. The fourth-order valence-corrected chi connectivity index (χ4v) is 3.34. The number of rotatable bonds is 9. The van der Waals surface area contributed by atoms with Crippen molar-refractivity contribution in [1.82, 2.24) is 9.47 Å². The predicted octanol–water partition coefficient (Wildman–Crippen LogP) is 5.51. The van der Waals surface area contributed by atoms with Gasteiger partial charge in [0.15, 0.2) is 0 Å². The van der Waals surface area contributed by atoms with E-state index in [1.54, 1.807) is 12.1 Å². The van der Waals surface area contributed by atoms with Crippen LogP contribution in [0.3, 0.4) is 0 Å². The van der Waals surface area contributed by atoms with Crippen molar-refractivity contribution in [2.75, 3.05) is 6.54 Å². The van der Waals surface area contributed by atoms with Gasteiger partial charge in [0.25, 0.3) is 5.91 Å². The third kappa shape index (κ3) is 5.32. The average molecular weight is 378 g/mol. The van der Waals surface area contributed by atoms with Gasteiger partial charge in [-0.3, -0.25) is 4.79 Å². The lowest BCUT2D eigenvalue weighted by molar-refractivity contribution is 0.0736. The normalized spacial score (nSPS) is 10.8. The summed E-state index contributed by atoms with van der Waals surface area (Å²) in [6.45, 7) is 4.02. The predicted molar refractivity (Wildman–Crippen MR) is 111 cm³/mol. The van der Waals surface area contributed by atoms with Crippen molar-refractivity contribution in [3.8, 4) is 0 Å². The Morgan fingerprint density at radius 2 is 1.82 bits per heavy atom. The molecule has 3 aromatic rings. The molecule has 0 saturated heterocycles. The van der Waals surface area contributed by atoms with E-state index in [1.165, 1.54) is 6.07 Å². The monoisotopic (exact) mass is 378 g/mol. The lowest BCUT2D eigenvalue weighted by Crippen LogP contribution is -2.32. The zero-order valence-electron chi connectivity index (χ0n) is 16.4. The highest BCUT2D eigenvalue weighted by Gasteiger charge is 2.17. The summed E-state index contributed by atoms with van der Waals surface area (Å²) in [5.74, 6) is -0.179. The maximum Gasteiger partial charge on any atom is 0.254 e. The molecule has 3 nitrogen and oxygen atoms in total. The Morgan fingerprint density at radius 1 is 1.00 bits per heavy atom. The van der Waals surface area contributed by atoms with Gasteiger partial charge in [-0.1, -0.05) is 50.1 Å². The SMILES string of the molecule is CCCCCN(Cc1cccn1Cc1cccc(F)c1)C(=O)c1ccccc1. The number of hydrogen-bond donors (Lipinski definition) is 0. The van der Waals surface area contributed by atoms with E-state index < -0.39 is 0 Å². The van der Waals surface area contributed by atoms with Crippen LogP contribution in [0, 0.1) is 5.82 Å². The van der Waals surface area contributed by atoms with E-state index >= 15 is 0 Å². The zero-order chi connectivity index (χ0) is 19.8. The topological polar surface area (TPSA) is 25.2 Å². The number of nitrogens with zero attached hydrogens (tertiary/aromatic N) is 2. The Bertz CT molecular complexity index is 888. The van der Waals surface area contributed by atoms with Crippen molar-refractivity contribution < 1.29 is 9.18 Å². The highest BCUT2D eigenvalue weighted by Crippen LogP contribution is 2.15. The van der Waals surface area contributed by atoms with E-state index in [4.69, 9.17) is 0 Å². The summed E-state index contributed by atoms with van der Waals surface area (Å²) in [5, 5.41) is 0. The standard InChI is InChI=1S/C24H27FN2O/c1-2-3-7-15-27(24(28)21-11-5-4-6-12-21)19-23-14-9-16-26(23)18-20-10-8-13-22(25)17-20/h4-6,8-14,16-17H,2-3,7,15,18-19H2,1H3. The first-order chi connectivity index (χ1) is 13.7. The van der Waals surface area contributed by atoms with E-state index in [2.05, 4.69) is 11.5 Å². The molecule has 28 heavy (non-hydrogen) atoms. The van der Waals surface area contributed by atoms with Crippen LogP contribution in [0.1, 0.15) is 47.8 Å². The molecule has 0 N–H and O–H groups in total. The molecule has 1 aromatic heterocycles. The van der Waals surface area contributed by atoms with Gasteiger partial charge in [-0.05, 0) is 48.4 Å². The summed E-state index contributed by atoms with van der Waals surface area (Å²) in [7, 11) is 0. The largest absolute Gasteiger partial charge is 0.345 e. The van der Waals surface area contributed by atoms with Crippen molar-refractivity contribution in [2.45, 2.75) is 39.3 Å². The van der Waals surface area contributed by atoms with Crippen LogP contribution in [0.15, 0.2) is 72.9 Å². The number of carbonyl (C=O) groups is 1. The quantitative estimate of drug-likeness (QED) is 0.451. The third-order valence-electron chi connectivity index (χ3n) is 4.86. The van der Waals surface area contributed by atoms with Crippen LogP contribution in [-0.2, 0) is 13.1 Å². The summed E-state index contributed by atoms with van der Waals surface area (Å²) in [6.07, 6.45) is 5.18. The third-order valence-corrected chi connectivity index (χ3v) is 4.86. The van der Waals surface area contributed by atoms with Gasteiger partial charge < -0.3 is 9.47 Å². The molecule has 0 radical (unpaired) electrons. The van der Waals surface area contributed by atoms with E-state index in [-0.39, 0.29) is 11.7 Å². The fraction of sp³-hybridized carbons (Fsp3) is 0.292.